The van der Waals surface area contributed by atoms with E-state index in [-0.39, 0.29) is 17.0 Å². The summed E-state index contributed by atoms with van der Waals surface area (Å²) in [6.07, 6.45) is 0. The molecule has 0 spiro atoms. The van der Waals surface area contributed by atoms with Gasteiger partial charge in [-0.05, 0) is 0 Å². The van der Waals surface area contributed by atoms with Crippen LogP contribution in [0.25, 0.3) is 11.3 Å². The number of amides is 1. The maximum absolute atomic E-state index is 11.1. The molecule has 1 aromatic heterocycles. The molecule has 2 rings (SSSR count). The van der Waals surface area contributed by atoms with E-state index in [0.29, 0.717) is 15.7 Å². The lowest BCUT2D eigenvalue weighted by atomic mass is 10.1. The van der Waals surface area contributed by atoms with E-state index in [2.05, 4.69) is 4.98 Å². The summed E-state index contributed by atoms with van der Waals surface area (Å²) in [4.78, 5) is 15.6. The van der Waals surface area contributed by atoms with Crippen LogP contribution in [0.4, 0.5) is 5.13 Å². The maximum Gasteiger partial charge on any atom is 0.261 e. The fourth-order valence-corrected chi connectivity index (χ4v) is 2.00. The standard InChI is InChI=1S/C10H9N3OS.BrH/c11-9(14)8-7(13-10(12)15-8)6-4-2-1-3-5-6;/h1-5H,(H2,11,14)(H2,12,13);1H. The van der Waals surface area contributed by atoms with Gasteiger partial charge < -0.3 is 11.5 Å². The lowest BCUT2D eigenvalue weighted by molar-refractivity contribution is 0.100. The van der Waals surface area contributed by atoms with Crippen molar-refractivity contribution in [3.63, 3.8) is 0 Å². The fourth-order valence-electron chi connectivity index (χ4n) is 1.30. The lowest BCUT2D eigenvalue weighted by Crippen LogP contribution is -2.10. The molecule has 16 heavy (non-hydrogen) atoms. The van der Waals surface area contributed by atoms with Gasteiger partial charge in [0.1, 0.15) is 4.88 Å². The van der Waals surface area contributed by atoms with Crippen LogP contribution in [0.1, 0.15) is 9.67 Å². The normalized spacial score (nSPS) is 9.50. The number of hydrogen-bond donors (Lipinski definition) is 2. The Hall–Kier alpha value is -1.40. The van der Waals surface area contributed by atoms with Gasteiger partial charge in [-0.3, -0.25) is 4.79 Å². The Labute approximate surface area is 107 Å². The zero-order valence-corrected chi connectivity index (χ0v) is 10.7. The van der Waals surface area contributed by atoms with Crippen LogP contribution < -0.4 is 11.5 Å². The third kappa shape index (κ3) is 2.40. The van der Waals surface area contributed by atoms with E-state index in [1.165, 1.54) is 0 Å². The first-order valence-corrected chi connectivity index (χ1v) is 5.11. The average Bonchev–Trinajstić information content (AvgIpc) is 2.62. The molecule has 0 saturated carbocycles. The predicted octanol–water partition coefficient (Wildman–Crippen LogP) is 2.07. The molecule has 0 saturated heterocycles. The second kappa shape index (κ2) is 5.09. The number of primary amides is 1. The molecule has 0 bridgehead atoms. The van der Waals surface area contributed by atoms with Crippen molar-refractivity contribution in [3.05, 3.63) is 35.2 Å². The Morgan fingerprint density at radius 2 is 1.88 bits per heavy atom. The Bertz CT molecular complexity index is 498. The zero-order valence-electron chi connectivity index (χ0n) is 8.21. The summed E-state index contributed by atoms with van der Waals surface area (Å²) in [5.41, 5.74) is 12.2. The predicted molar refractivity (Wildman–Crippen MR) is 70.8 cm³/mol. The molecule has 0 aliphatic rings. The number of nitrogens with zero attached hydrogens (tertiary/aromatic N) is 1. The van der Waals surface area contributed by atoms with Crippen molar-refractivity contribution in [3.8, 4) is 11.3 Å². The highest BCUT2D eigenvalue weighted by molar-refractivity contribution is 8.93. The van der Waals surface area contributed by atoms with Gasteiger partial charge in [-0.2, -0.15) is 0 Å². The van der Waals surface area contributed by atoms with Crippen LogP contribution >= 0.6 is 28.3 Å². The smallest absolute Gasteiger partial charge is 0.261 e. The molecule has 0 radical (unpaired) electrons. The van der Waals surface area contributed by atoms with Crippen molar-refractivity contribution in [2.24, 2.45) is 5.73 Å². The minimum absolute atomic E-state index is 0. The number of benzene rings is 1. The quantitative estimate of drug-likeness (QED) is 0.890. The topological polar surface area (TPSA) is 82.0 Å². The molecular weight excluding hydrogens is 290 g/mol. The van der Waals surface area contributed by atoms with Crippen molar-refractivity contribution >= 4 is 39.4 Å². The van der Waals surface area contributed by atoms with Gasteiger partial charge in [-0.1, -0.05) is 41.7 Å². The second-order valence-electron chi connectivity index (χ2n) is 2.96. The van der Waals surface area contributed by atoms with Crippen molar-refractivity contribution in [1.29, 1.82) is 0 Å². The van der Waals surface area contributed by atoms with E-state index < -0.39 is 5.91 Å². The van der Waals surface area contributed by atoms with Crippen LogP contribution in [-0.2, 0) is 0 Å². The number of nitrogen functional groups attached to an aromatic ring is 1. The van der Waals surface area contributed by atoms with Crippen molar-refractivity contribution in [2.45, 2.75) is 0 Å². The maximum atomic E-state index is 11.1. The molecule has 0 unspecified atom stereocenters. The molecule has 1 aromatic carbocycles. The van der Waals surface area contributed by atoms with Crippen molar-refractivity contribution < 1.29 is 4.79 Å². The SMILES string of the molecule is Br.NC(=O)c1sc(N)nc1-c1ccccc1. The molecule has 4 N–H and O–H groups in total. The summed E-state index contributed by atoms with van der Waals surface area (Å²) >= 11 is 1.11. The van der Waals surface area contributed by atoms with Gasteiger partial charge in [-0.25, -0.2) is 4.98 Å². The van der Waals surface area contributed by atoms with Crippen molar-refractivity contribution in [1.82, 2.24) is 4.98 Å². The average molecular weight is 300 g/mol. The van der Waals surface area contributed by atoms with Crippen LogP contribution in [0.15, 0.2) is 30.3 Å². The molecule has 0 fully saturated rings. The summed E-state index contributed by atoms with van der Waals surface area (Å²) < 4.78 is 0. The molecule has 0 aliphatic carbocycles. The number of hydrogen-bond acceptors (Lipinski definition) is 4. The monoisotopic (exact) mass is 299 g/mol. The van der Waals surface area contributed by atoms with Crippen LogP contribution in [0.5, 0.6) is 0 Å². The molecule has 1 heterocycles. The number of thiazole rings is 1. The van der Waals surface area contributed by atoms with Gasteiger partial charge in [0.25, 0.3) is 5.91 Å². The summed E-state index contributed by atoms with van der Waals surface area (Å²) in [6, 6.07) is 9.36. The second-order valence-corrected chi connectivity index (χ2v) is 3.99. The molecule has 0 atom stereocenters. The number of halogens is 1. The number of aromatic nitrogens is 1. The molecule has 2 aromatic rings. The first kappa shape index (κ1) is 12.7. The molecule has 6 heteroatoms. The Balaban J connectivity index is 0.00000128. The van der Waals surface area contributed by atoms with E-state index in [9.17, 15) is 4.79 Å². The first-order valence-electron chi connectivity index (χ1n) is 4.30. The summed E-state index contributed by atoms with van der Waals surface area (Å²) in [6.45, 7) is 0. The largest absolute Gasteiger partial charge is 0.375 e. The fraction of sp³-hybridized carbons (Fsp3) is 0. The number of rotatable bonds is 2. The van der Waals surface area contributed by atoms with E-state index in [1.807, 2.05) is 30.3 Å². The minimum Gasteiger partial charge on any atom is -0.375 e. The van der Waals surface area contributed by atoms with Gasteiger partial charge in [0.2, 0.25) is 0 Å². The molecule has 1 amide bonds. The van der Waals surface area contributed by atoms with Crippen LogP contribution in [-0.4, -0.2) is 10.9 Å². The van der Waals surface area contributed by atoms with Gasteiger partial charge >= 0.3 is 0 Å². The Morgan fingerprint density at radius 3 is 2.44 bits per heavy atom. The highest BCUT2D eigenvalue weighted by atomic mass is 79.9. The van der Waals surface area contributed by atoms with Crippen LogP contribution in [0, 0.1) is 0 Å². The van der Waals surface area contributed by atoms with E-state index in [0.717, 1.165) is 16.9 Å². The summed E-state index contributed by atoms with van der Waals surface area (Å²) in [7, 11) is 0. The van der Waals surface area contributed by atoms with Gasteiger partial charge in [0, 0.05) is 5.56 Å². The van der Waals surface area contributed by atoms with Gasteiger partial charge in [-0.15, -0.1) is 17.0 Å². The first-order chi connectivity index (χ1) is 7.18. The number of carbonyl (C=O) groups is 1. The van der Waals surface area contributed by atoms with E-state index >= 15 is 0 Å². The summed E-state index contributed by atoms with van der Waals surface area (Å²) in [5.74, 6) is -0.497. The molecule has 4 nitrogen and oxygen atoms in total. The lowest BCUT2D eigenvalue weighted by Gasteiger charge is -1.97. The highest BCUT2D eigenvalue weighted by Crippen LogP contribution is 2.28. The Morgan fingerprint density at radius 1 is 1.25 bits per heavy atom. The van der Waals surface area contributed by atoms with Gasteiger partial charge in [0.15, 0.2) is 5.13 Å². The van der Waals surface area contributed by atoms with Crippen molar-refractivity contribution in [2.75, 3.05) is 5.73 Å². The molecule has 84 valence electrons. The summed E-state index contributed by atoms with van der Waals surface area (Å²) in [5, 5.41) is 0.350. The minimum atomic E-state index is -0.497. The van der Waals surface area contributed by atoms with E-state index in [4.69, 9.17) is 11.5 Å². The third-order valence-electron chi connectivity index (χ3n) is 1.91. The van der Waals surface area contributed by atoms with Gasteiger partial charge in [0.05, 0.1) is 5.69 Å². The highest BCUT2D eigenvalue weighted by Gasteiger charge is 2.15. The molecule has 0 aliphatic heterocycles. The van der Waals surface area contributed by atoms with Crippen LogP contribution in [0.2, 0.25) is 0 Å². The number of carbonyl (C=O) groups excluding carboxylic acids is 1. The molecular formula is C10H10BrN3OS. The number of anilines is 1. The van der Waals surface area contributed by atoms with Crippen LogP contribution in [0.3, 0.4) is 0 Å². The Kier molecular flexibility index (Phi) is 4.03. The number of nitrogens with two attached hydrogens (primary N) is 2. The van der Waals surface area contributed by atoms with E-state index in [1.54, 1.807) is 0 Å². The zero-order chi connectivity index (χ0) is 10.8. The third-order valence-corrected chi connectivity index (χ3v) is 2.81.